The number of aliphatic imine (C=N–C) groups is 1. The maximum atomic E-state index is 13.5. The fourth-order valence-corrected chi connectivity index (χ4v) is 1.56. The molecule has 1 aromatic carbocycles. The van der Waals surface area contributed by atoms with Crippen LogP contribution in [-0.2, 0) is 4.79 Å². The lowest BCUT2D eigenvalue weighted by Gasteiger charge is -2.20. The van der Waals surface area contributed by atoms with Gasteiger partial charge in [-0.25, -0.2) is 13.2 Å². The average molecular weight is 458 g/mol. The minimum absolute atomic E-state index is 0. The second-order valence-corrected chi connectivity index (χ2v) is 5.37. The van der Waals surface area contributed by atoms with Crippen LogP contribution in [0.15, 0.2) is 17.1 Å². The van der Waals surface area contributed by atoms with Crippen molar-refractivity contribution in [3.8, 4) is 0 Å². The summed E-state index contributed by atoms with van der Waals surface area (Å²) in [7, 11) is 1.55. The van der Waals surface area contributed by atoms with Gasteiger partial charge in [0.25, 0.3) is 0 Å². The molecule has 0 aliphatic heterocycles. The van der Waals surface area contributed by atoms with Gasteiger partial charge in [-0.1, -0.05) is 13.8 Å². The zero-order chi connectivity index (χ0) is 17.6. The summed E-state index contributed by atoms with van der Waals surface area (Å²) < 4.78 is 39.4. The number of guanidine groups is 1. The predicted molar refractivity (Wildman–Crippen MR) is 99.2 cm³/mol. The van der Waals surface area contributed by atoms with Crippen molar-refractivity contribution in [2.45, 2.75) is 26.8 Å². The molecule has 0 fully saturated rings. The Labute approximate surface area is 156 Å². The molecule has 0 aliphatic rings. The van der Waals surface area contributed by atoms with Gasteiger partial charge in [-0.05, 0) is 25.0 Å². The Hall–Kier alpha value is -1.52. The van der Waals surface area contributed by atoms with E-state index < -0.39 is 29.0 Å². The first-order valence-corrected chi connectivity index (χ1v) is 7.16. The van der Waals surface area contributed by atoms with E-state index >= 15 is 0 Å². The summed E-state index contributed by atoms with van der Waals surface area (Å²) in [6, 6.07) is 1.83. The Morgan fingerprint density at radius 3 is 2.33 bits per heavy atom. The van der Waals surface area contributed by atoms with E-state index in [-0.39, 0.29) is 36.6 Å². The van der Waals surface area contributed by atoms with Crippen LogP contribution in [0.25, 0.3) is 0 Å². The predicted octanol–water partition coefficient (Wildman–Crippen LogP) is 2.87. The van der Waals surface area contributed by atoms with Crippen molar-refractivity contribution >= 4 is 41.5 Å². The quantitative estimate of drug-likeness (QED) is 0.275. The van der Waals surface area contributed by atoms with E-state index in [4.69, 9.17) is 0 Å². The molecule has 9 heteroatoms. The van der Waals surface area contributed by atoms with Crippen molar-refractivity contribution in [2.75, 3.05) is 18.9 Å². The Morgan fingerprint density at radius 2 is 1.79 bits per heavy atom. The summed E-state index contributed by atoms with van der Waals surface area (Å²) in [5.74, 6) is -4.22. The van der Waals surface area contributed by atoms with E-state index in [1.807, 2.05) is 20.8 Å². The molecule has 0 heterocycles. The fraction of sp³-hybridized carbons (Fsp3) is 0.467. The molecular formula is C15H22F3IN4O. The lowest BCUT2D eigenvalue weighted by Crippen LogP contribution is -2.46. The van der Waals surface area contributed by atoms with Crippen molar-refractivity contribution in [3.63, 3.8) is 0 Å². The Balaban J connectivity index is 0.00000529. The highest BCUT2D eigenvalue weighted by Gasteiger charge is 2.15. The molecule has 136 valence electrons. The standard InChI is InChI=1S/C15H21F3N4O.HI/c1-8(2)9(3)21-15(19-4)20-7-12(23)22-11-6-5-10(16)13(17)14(11)18;/h5-6,8-9H,7H2,1-4H3,(H,22,23)(H2,19,20,21);1H. The van der Waals surface area contributed by atoms with Gasteiger partial charge in [0.2, 0.25) is 5.91 Å². The lowest BCUT2D eigenvalue weighted by molar-refractivity contribution is -0.115. The fourth-order valence-electron chi connectivity index (χ4n) is 1.56. The summed E-state index contributed by atoms with van der Waals surface area (Å²) >= 11 is 0. The van der Waals surface area contributed by atoms with Gasteiger partial charge in [-0.2, -0.15) is 0 Å². The molecule has 1 unspecified atom stereocenters. The molecule has 0 spiro atoms. The van der Waals surface area contributed by atoms with E-state index in [1.165, 1.54) is 0 Å². The Morgan fingerprint density at radius 1 is 1.17 bits per heavy atom. The molecule has 1 atom stereocenters. The lowest BCUT2D eigenvalue weighted by atomic mass is 10.1. The number of hydrogen-bond acceptors (Lipinski definition) is 2. The number of amides is 1. The van der Waals surface area contributed by atoms with E-state index in [0.29, 0.717) is 11.9 Å². The molecule has 0 aliphatic carbocycles. The molecule has 0 bridgehead atoms. The van der Waals surface area contributed by atoms with Crippen LogP contribution in [0.5, 0.6) is 0 Å². The largest absolute Gasteiger partial charge is 0.354 e. The third kappa shape index (κ3) is 6.54. The van der Waals surface area contributed by atoms with Crippen LogP contribution >= 0.6 is 24.0 Å². The first-order chi connectivity index (χ1) is 10.8. The van der Waals surface area contributed by atoms with Crippen molar-refractivity contribution in [3.05, 3.63) is 29.6 Å². The molecule has 0 saturated carbocycles. The highest BCUT2D eigenvalue weighted by atomic mass is 127. The minimum Gasteiger partial charge on any atom is -0.354 e. The van der Waals surface area contributed by atoms with Gasteiger partial charge in [-0.15, -0.1) is 24.0 Å². The van der Waals surface area contributed by atoms with Crippen LogP contribution in [0.1, 0.15) is 20.8 Å². The van der Waals surface area contributed by atoms with Gasteiger partial charge in [0, 0.05) is 13.1 Å². The van der Waals surface area contributed by atoms with E-state index in [0.717, 1.165) is 12.1 Å². The molecule has 3 N–H and O–H groups in total. The maximum absolute atomic E-state index is 13.5. The minimum atomic E-state index is -1.63. The van der Waals surface area contributed by atoms with Crippen LogP contribution in [0.4, 0.5) is 18.9 Å². The van der Waals surface area contributed by atoms with Gasteiger partial charge < -0.3 is 16.0 Å². The van der Waals surface area contributed by atoms with Crippen LogP contribution < -0.4 is 16.0 Å². The van der Waals surface area contributed by atoms with E-state index in [1.54, 1.807) is 7.05 Å². The Kier molecular flexibility index (Phi) is 9.71. The third-order valence-corrected chi connectivity index (χ3v) is 3.31. The van der Waals surface area contributed by atoms with Gasteiger partial charge >= 0.3 is 0 Å². The normalized spacial score (nSPS) is 12.4. The number of anilines is 1. The average Bonchev–Trinajstić information content (AvgIpc) is 2.51. The van der Waals surface area contributed by atoms with Gasteiger partial charge in [0.1, 0.15) is 0 Å². The highest BCUT2D eigenvalue weighted by Crippen LogP contribution is 2.19. The summed E-state index contributed by atoms with van der Waals surface area (Å²) in [6.07, 6.45) is 0. The monoisotopic (exact) mass is 458 g/mol. The van der Waals surface area contributed by atoms with Crippen molar-refractivity contribution in [2.24, 2.45) is 10.9 Å². The van der Waals surface area contributed by atoms with E-state index in [2.05, 4.69) is 20.9 Å². The first-order valence-electron chi connectivity index (χ1n) is 7.16. The zero-order valence-corrected chi connectivity index (χ0v) is 16.2. The molecule has 1 aromatic rings. The SMILES string of the molecule is CN=C(NCC(=O)Nc1ccc(F)c(F)c1F)NC(C)C(C)C.I. The molecule has 1 amide bonds. The molecule has 1 rings (SSSR count). The third-order valence-electron chi connectivity index (χ3n) is 3.31. The van der Waals surface area contributed by atoms with E-state index in [9.17, 15) is 18.0 Å². The van der Waals surface area contributed by atoms with Crippen molar-refractivity contribution in [1.29, 1.82) is 0 Å². The second kappa shape index (κ2) is 10.4. The van der Waals surface area contributed by atoms with Crippen LogP contribution in [0.2, 0.25) is 0 Å². The molecule has 0 saturated heterocycles. The summed E-state index contributed by atoms with van der Waals surface area (Å²) in [4.78, 5) is 15.7. The maximum Gasteiger partial charge on any atom is 0.243 e. The number of carbonyl (C=O) groups is 1. The van der Waals surface area contributed by atoms with Gasteiger partial charge in [0.15, 0.2) is 23.4 Å². The molecule has 0 radical (unpaired) electrons. The molecule has 5 nitrogen and oxygen atoms in total. The van der Waals surface area contributed by atoms with Gasteiger partial charge in [-0.3, -0.25) is 9.79 Å². The number of nitrogens with one attached hydrogen (secondary N) is 3. The summed E-state index contributed by atoms with van der Waals surface area (Å²) in [6.45, 7) is 5.82. The topological polar surface area (TPSA) is 65.5 Å². The van der Waals surface area contributed by atoms with Crippen molar-refractivity contribution < 1.29 is 18.0 Å². The second-order valence-electron chi connectivity index (χ2n) is 5.37. The number of benzene rings is 1. The summed E-state index contributed by atoms with van der Waals surface area (Å²) in [5.41, 5.74) is -0.422. The first kappa shape index (κ1) is 22.5. The number of rotatable bonds is 5. The van der Waals surface area contributed by atoms with Crippen LogP contribution in [-0.4, -0.2) is 31.5 Å². The zero-order valence-electron chi connectivity index (χ0n) is 13.9. The molecular weight excluding hydrogens is 436 g/mol. The van der Waals surface area contributed by atoms with Gasteiger partial charge in [0.05, 0.1) is 12.2 Å². The highest BCUT2D eigenvalue weighted by molar-refractivity contribution is 14.0. The van der Waals surface area contributed by atoms with Crippen LogP contribution in [0, 0.1) is 23.4 Å². The van der Waals surface area contributed by atoms with Crippen molar-refractivity contribution in [1.82, 2.24) is 10.6 Å². The number of nitrogens with zero attached hydrogens (tertiary/aromatic N) is 1. The smallest absolute Gasteiger partial charge is 0.243 e. The molecule has 24 heavy (non-hydrogen) atoms. The summed E-state index contributed by atoms with van der Waals surface area (Å²) in [5, 5.41) is 8.01. The Bertz CT molecular complexity index is 596. The number of hydrogen-bond donors (Lipinski definition) is 3. The number of halogens is 4. The molecule has 0 aromatic heterocycles. The number of carbonyl (C=O) groups excluding carboxylic acids is 1. The van der Waals surface area contributed by atoms with Crippen LogP contribution in [0.3, 0.4) is 0 Å².